The largest absolute Gasteiger partial charge is 0.378 e. The molecule has 4 unspecified atom stereocenters. The maximum atomic E-state index is 10.5. The van der Waals surface area contributed by atoms with Crippen LogP contribution in [0.15, 0.2) is 47.1 Å². The van der Waals surface area contributed by atoms with E-state index in [0.29, 0.717) is 34.8 Å². The Balaban J connectivity index is 1.23. The van der Waals surface area contributed by atoms with Crippen molar-refractivity contribution in [2.24, 2.45) is 17.8 Å². The minimum absolute atomic E-state index is 0.202. The third kappa shape index (κ3) is 6.76. The third-order valence-corrected chi connectivity index (χ3v) is 10.3. The van der Waals surface area contributed by atoms with Gasteiger partial charge in [-0.15, -0.1) is 17.9 Å². The van der Waals surface area contributed by atoms with Crippen LogP contribution in [0, 0.1) is 17.8 Å². The number of likely N-dealkylation sites (N-methyl/N-ethyl adjacent to an activating group) is 1. The van der Waals surface area contributed by atoms with Crippen LogP contribution in [-0.2, 0) is 0 Å². The molecule has 0 bridgehead atoms. The molecular formula is C29H40N8OS2. The summed E-state index contributed by atoms with van der Waals surface area (Å²) in [5.41, 5.74) is 0. The van der Waals surface area contributed by atoms with Gasteiger partial charge in [-0.2, -0.15) is 15.0 Å². The molecule has 3 heterocycles. The van der Waals surface area contributed by atoms with Gasteiger partial charge in [-0.1, -0.05) is 36.1 Å². The minimum Gasteiger partial charge on any atom is -0.378 e. The number of aliphatic hydroxyl groups is 1. The van der Waals surface area contributed by atoms with Crippen LogP contribution < -0.4 is 15.5 Å². The fraction of sp³-hybridized carbons (Fsp3) is 0.586. The Morgan fingerprint density at radius 2 is 2.02 bits per heavy atom. The molecule has 0 amide bonds. The van der Waals surface area contributed by atoms with E-state index in [1.165, 1.54) is 16.2 Å². The first-order chi connectivity index (χ1) is 19.5. The third-order valence-electron chi connectivity index (χ3n) is 8.22. The van der Waals surface area contributed by atoms with Crippen LogP contribution in [0.1, 0.15) is 49.8 Å². The van der Waals surface area contributed by atoms with Crippen molar-refractivity contribution in [3.63, 3.8) is 0 Å². The molecule has 5 atom stereocenters. The number of nitrogens with one attached hydrogen (secondary N) is 2. The molecule has 3 aliphatic carbocycles. The van der Waals surface area contributed by atoms with Gasteiger partial charge in [-0.3, -0.25) is 10.6 Å². The molecule has 3 fully saturated rings. The Labute approximate surface area is 245 Å². The van der Waals surface area contributed by atoms with Crippen molar-refractivity contribution in [3.8, 4) is 0 Å². The molecule has 1 saturated heterocycles. The second-order valence-corrected chi connectivity index (χ2v) is 13.5. The molecule has 2 aromatic rings. The topological polar surface area (TPSA) is 102 Å². The summed E-state index contributed by atoms with van der Waals surface area (Å²) < 4.78 is 0. The lowest BCUT2D eigenvalue weighted by Gasteiger charge is -2.32. The second kappa shape index (κ2) is 12.3. The van der Waals surface area contributed by atoms with Crippen LogP contribution in [0.4, 0.5) is 17.0 Å². The molecule has 3 N–H and O–H groups in total. The van der Waals surface area contributed by atoms with Gasteiger partial charge in [0.2, 0.25) is 11.9 Å². The average molecular weight is 581 g/mol. The first kappa shape index (κ1) is 27.8. The standard InChI is InChI=1S/C29H40N8OS2/c1-4-6-18(7-5-2)24-17-30-28(40-24)33-26-32-27(37-12-10-36(3)11-13-37)35-29(34-26)39-23-16-21(14-20-15-22(20)23)31-25(38)19-8-9-19/h4-5,7,16-22,25,31,38H,1,6,8-15H2,2-3H3,(H,30,32,33,34,35)/b7-5-/t18-,20?,21?,22?,25?/m1/s1. The SMILES string of the molecule is C=CC[C@H](/C=C\C)c1cnc(Nc2nc(SC3=CC(NC(O)C4CC4)CC4CC34)nc(N3CCN(C)CC3)n2)s1. The molecule has 0 aromatic carbocycles. The molecule has 1 aliphatic heterocycles. The number of fused-ring (bicyclic) bond motifs is 1. The van der Waals surface area contributed by atoms with Gasteiger partial charge < -0.3 is 14.9 Å². The van der Waals surface area contributed by atoms with Gasteiger partial charge >= 0.3 is 0 Å². The Bertz CT molecular complexity index is 1250. The Morgan fingerprint density at radius 3 is 2.77 bits per heavy atom. The van der Waals surface area contributed by atoms with E-state index in [2.05, 4.69) is 57.3 Å². The van der Waals surface area contributed by atoms with Crippen molar-refractivity contribution < 1.29 is 5.11 Å². The van der Waals surface area contributed by atoms with Crippen molar-refractivity contribution in [1.29, 1.82) is 0 Å². The van der Waals surface area contributed by atoms with E-state index in [0.717, 1.165) is 57.0 Å². The van der Waals surface area contributed by atoms with E-state index in [9.17, 15) is 5.11 Å². The lowest BCUT2D eigenvalue weighted by atomic mass is 10.0. The minimum atomic E-state index is -0.401. The highest BCUT2D eigenvalue weighted by Gasteiger charge is 2.45. The predicted octanol–water partition coefficient (Wildman–Crippen LogP) is 4.76. The van der Waals surface area contributed by atoms with Crippen LogP contribution >= 0.6 is 23.1 Å². The Hall–Kier alpha value is -2.31. The summed E-state index contributed by atoms with van der Waals surface area (Å²) >= 11 is 3.29. The van der Waals surface area contributed by atoms with Gasteiger partial charge in [0.25, 0.3) is 0 Å². The molecule has 40 heavy (non-hydrogen) atoms. The highest BCUT2D eigenvalue weighted by molar-refractivity contribution is 8.03. The zero-order valence-electron chi connectivity index (χ0n) is 23.4. The number of hydrogen-bond donors (Lipinski definition) is 3. The van der Waals surface area contributed by atoms with Gasteiger partial charge in [-0.25, -0.2) is 4.98 Å². The highest BCUT2D eigenvalue weighted by atomic mass is 32.2. The zero-order valence-corrected chi connectivity index (χ0v) is 25.0. The van der Waals surface area contributed by atoms with Crippen LogP contribution in [-0.4, -0.2) is 75.4 Å². The number of piperazine rings is 1. The molecule has 2 aromatic heterocycles. The van der Waals surface area contributed by atoms with Gasteiger partial charge in [-0.05, 0) is 68.7 Å². The zero-order chi connectivity index (χ0) is 27.6. The summed E-state index contributed by atoms with van der Waals surface area (Å²) in [6.07, 6.45) is 15.5. The molecule has 11 heteroatoms. The van der Waals surface area contributed by atoms with E-state index in [4.69, 9.17) is 15.0 Å². The van der Waals surface area contributed by atoms with Crippen LogP contribution in [0.25, 0.3) is 0 Å². The van der Waals surface area contributed by atoms with E-state index in [1.54, 1.807) is 23.1 Å². The molecule has 0 radical (unpaired) electrons. The molecule has 214 valence electrons. The summed E-state index contributed by atoms with van der Waals surface area (Å²) in [5.74, 6) is 3.19. The summed E-state index contributed by atoms with van der Waals surface area (Å²) in [7, 11) is 2.15. The van der Waals surface area contributed by atoms with E-state index in [-0.39, 0.29) is 12.0 Å². The van der Waals surface area contributed by atoms with Crippen molar-refractivity contribution in [1.82, 2.24) is 30.2 Å². The summed E-state index contributed by atoms with van der Waals surface area (Å²) in [4.78, 5) is 26.3. The smallest absolute Gasteiger partial charge is 0.234 e. The van der Waals surface area contributed by atoms with Crippen LogP contribution in [0.3, 0.4) is 0 Å². The van der Waals surface area contributed by atoms with Crippen molar-refractivity contribution in [2.75, 3.05) is 43.4 Å². The molecular weight excluding hydrogens is 541 g/mol. The number of thiazole rings is 1. The highest BCUT2D eigenvalue weighted by Crippen LogP contribution is 2.55. The number of hydrogen-bond acceptors (Lipinski definition) is 11. The van der Waals surface area contributed by atoms with Crippen LogP contribution in [0.5, 0.6) is 0 Å². The lowest BCUT2D eigenvalue weighted by Crippen LogP contribution is -2.45. The van der Waals surface area contributed by atoms with E-state index < -0.39 is 6.23 Å². The molecule has 0 spiro atoms. The van der Waals surface area contributed by atoms with Crippen molar-refractivity contribution >= 4 is 40.1 Å². The van der Waals surface area contributed by atoms with E-state index >= 15 is 0 Å². The average Bonchev–Trinajstić information content (AvgIpc) is 3.87. The fourth-order valence-electron chi connectivity index (χ4n) is 5.58. The molecule has 9 nitrogen and oxygen atoms in total. The Morgan fingerprint density at radius 1 is 1.20 bits per heavy atom. The molecule has 4 aliphatic rings. The normalized spacial score (nSPS) is 26.3. The molecule has 6 rings (SSSR count). The quantitative estimate of drug-likeness (QED) is 0.241. The number of aromatic nitrogens is 4. The predicted molar refractivity (Wildman–Crippen MR) is 163 cm³/mol. The van der Waals surface area contributed by atoms with Crippen molar-refractivity contribution in [2.45, 2.75) is 62.4 Å². The van der Waals surface area contributed by atoms with Gasteiger partial charge in [0.1, 0.15) is 6.23 Å². The fourth-order valence-corrected chi connectivity index (χ4v) is 7.62. The van der Waals surface area contributed by atoms with Gasteiger partial charge in [0.15, 0.2) is 10.3 Å². The first-order valence-corrected chi connectivity index (χ1v) is 16.1. The summed E-state index contributed by atoms with van der Waals surface area (Å²) in [5, 5.41) is 18.8. The number of thioether (sulfide) groups is 1. The summed E-state index contributed by atoms with van der Waals surface area (Å²) in [6, 6.07) is 0.202. The van der Waals surface area contributed by atoms with E-state index in [1.807, 2.05) is 19.2 Å². The number of aliphatic hydroxyl groups excluding tert-OH is 1. The monoisotopic (exact) mass is 580 g/mol. The number of allylic oxidation sites excluding steroid dienone is 4. The lowest BCUT2D eigenvalue weighted by molar-refractivity contribution is 0.104. The summed E-state index contributed by atoms with van der Waals surface area (Å²) in [6.45, 7) is 9.69. The Kier molecular flexibility index (Phi) is 8.55. The van der Waals surface area contributed by atoms with Gasteiger partial charge in [0.05, 0.1) is 0 Å². The second-order valence-electron chi connectivity index (χ2n) is 11.4. The number of anilines is 3. The number of rotatable bonds is 12. The van der Waals surface area contributed by atoms with Crippen molar-refractivity contribution in [3.05, 3.63) is 46.9 Å². The van der Waals surface area contributed by atoms with Crippen LogP contribution in [0.2, 0.25) is 0 Å². The first-order valence-electron chi connectivity index (χ1n) is 14.5. The maximum absolute atomic E-state index is 10.5. The maximum Gasteiger partial charge on any atom is 0.234 e. The number of nitrogens with zero attached hydrogens (tertiary/aromatic N) is 6. The van der Waals surface area contributed by atoms with Gasteiger partial charge in [0, 0.05) is 49.2 Å². The molecule has 2 saturated carbocycles.